The van der Waals surface area contributed by atoms with Gasteiger partial charge in [-0.05, 0) is 59.1 Å². The number of hydrogen-bond donors (Lipinski definition) is 0. The summed E-state index contributed by atoms with van der Waals surface area (Å²) in [7, 11) is -3.03. The summed E-state index contributed by atoms with van der Waals surface area (Å²) in [6, 6.07) is 40.9. The largest absolute Gasteiger partial charge is 0.377 e. The highest BCUT2D eigenvalue weighted by atomic mass is 31.2. The Hall–Kier alpha value is -4.86. The maximum atomic E-state index is 15.6. The second-order valence-corrected chi connectivity index (χ2v) is 13.9. The highest BCUT2D eigenvalue weighted by Gasteiger charge is 2.60. The van der Waals surface area contributed by atoms with E-state index in [-0.39, 0.29) is 6.57 Å². The molecule has 2 aromatic heterocycles. The van der Waals surface area contributed by atoms with Gasteiger partial charge in [-0.15, -0.1) is 0 Å². The normalized spacial score (nSPS) is 17.4. The van der Waals surface area contributed by atoms with Gasteiger partial charge >= 0.3 is 6.57 Å². The quantitative estimate of drug-likeness (QED) is 0.166. The lowest BCUT2D eigenvalue weighted by atomic mass is 9.69. The molecule has 190 valence electrons. The zero-order valence-corrected chi connectivity index (χ0v) is 22.8. The number of benzene rings is 5. The van der Waals surface area contributed by atoms with Gasteiger partial charge in [0.1, 0.15) is 7.02 Å². The first-order chi connectivity index (χ1) is 20.2. The average Bonchev–Trinajstić information content (AvgIpc) is 3.61. The summed E-state index contributed by atoms with van der Waals surface area (Å²) in [5, 5.41) is 4.40. The van der Waals surface area contributed by atoms with E-state index < -0.39 is 7.02 Å². The van der Waals surface area contributed by atoms with Crippen molar-refractivity contribution >= 4 is 62.8 Å². The molecule has 5 aromatic carbocycles. The Labute approximate surface area is 236 Å². The van der Waals surface area contributed by atoms with E-state index in [0.29, 0.717) is 0 Å². The number of nitrogens with zero attached hydrogens (tertiary/aromatic N) is 3. The summed E-state index contributed by atoms with van der Waals surface area (Å²) in [5.74, 6) is 0. The van der Waals surface area contributed by atoms with E-state index in [9.17, 15) is 0 Å². The molecule has 0 N–H and O–H groups in total. The third-order valence-corrected chi connectivity index (χ3v) is 12.7. The Morgan fingerprint density at radius 1 is 0.634 bits per heavy atom. The number of aromatic nitrogens is 2. The van der Waals surface area contributed by atoms with Crippen LogP contribution >= 0.6 is 7.02 Å². The number of anilines is 2. The zero-order valence-electron chi connectivity index (χ0n) is 21.9. The van der Waals surface area contributed by atoms with Crippen molar-refractivity contribution in [2.45, 2.75) is 0 Å². The van der Waals surface area contributed by atoms with E-state index in [1.807, 2.05) is 12.3 Å². The molecule has 1 unspecified atom stereocenters. The Bertz CT molecular complexity index is 2290. The van der Waals surface area contributed by atoms with Crippen molar-refractivity contribution in [2.24, 2.45) is 0 Å². The predicted molar refractivity (Wildman–Crippen MR) is 170 cm³/mol. The summed E-state index contributed by atoms with van der Waals surface area (Å²) < 4.78 is 18.0. The van der Waals surface area contributed by atoms with Gasteiger partial charge in [-0.1, -0.05) is 72.8 Å². The van der Waals surface area contributed by atoms with Crippen LogP contribution in [0.4, 0.5) is 11.4 Å². The number of hydrogen-bond acceptors (Lipinski definition) is 3. The summed E-state index contributed by atoms with van der Waals surface area (Å²) in [6.45, 7) is -0.292. The Kier molecular flexibility index (Phi) is 3.98. The lowest BCUT2D eigenvalue weighted by Crippen LogP contribution is -2.48. The lowest BCUT2D eigenvalue weighted by Gasteiger charge is -2.36. The van der Waals surface area contributed by atoms with Crippen molar-refractivity contribution in [2.75, 3.05) is 4.81 Å². The van der Waals surface area contributed by atoms with E-state index >= 15 is 4.57 Å². The smallest absolute Gasteiger partial charge is 0.373 e. The minimum absolute atomic E-state index is 0.292. The molecule has 10 rings (SSSR count). The minimum Gasteiger partial charge on any atom is -0.373 e. The van der Waals surface area contributed by atoms with Gasteiger partial charge in [0, 0.05) is 62.0 Å². The monoisotopic (exact) mass is 541 g/mol. The van der Waals surface area contributed by atoms with Gasteiger partial charge < -0.3 is 13.9 Å². The van der Waals surface area contributed by atoms with Crippen molar-refractivity contribution in [1.82, 2.24) is 9.55 Å². The number of rotatable bonds is 1. The maximum absolute atomic E-state index is 15.6. The lowest BCUT2D eigenvalue weighted by molar-refractivity contribution is 0.595. The first-order valence-corrected chi connectivity index (χ1v) is 15.7. The van der Waals surface area contributed by atoms with Gasteiger partial charge in [0.05, 0.1) is 11.0 Å². The fourth-order valence-electron chi connectivity index (χ4n) is 7.70. The van der Waals surface area contributed by atoms with Crippen molar-refractivity contribution in [3.8, 4) is 27.9 Å². The Morgan fingerprint density at radius 2 is 1.34 bits per heavy atom. The predicted octanol–water partition coefficient (Wildman–Crippen LogP) is 7.00. The maximum Gasteiger partial charge on any atom is 0.377 e. The van der Waals surface area contributed by atoms with Gasteiger partial charge in [-0.25, -0.2) is 0 Å². The summed E-state index contributed by atoms with van der Waals surface area (Å²) >= 11 is 0. The molecule has 0 amide bonds. The van der Waals surface area contributed by atoms with Gasteiger partial charge in [-0.3, -0.25) is 4.98 Å². The summed E-state index contributed by atoms with van der Waals surface area (Å²) in [6.07, 6.45) is 3.67. The molecule has 0 bridgehead atoms. The third kappa shape index (κ3) is 2.51. The van der Waals surface area contributed by atoms with Gasteiger partial charge in [0.2, 0.25) is 0 Å². The average molecular weight is 541 g/mol. The van der Waals surface area contributed by atoms with Crippen LogP contribution in [0.1, 0.15) is 0 Å². The van der Waals surface area contributed by atoms with Crippen LogP contribution < -0.4 is 20.9 Å². The van der Waals surface area contributed by atoms with E-state index in [4.69, 9.17) is 0 Å². The molecule has 4 nitrogen and oxygen atoms in total. The van der Waals surface area contributed by atoms with Crippen LogP contribution in [-0.4, -0.2) is 16.1 Å². The molecule has 0 radical (unpaired) electrons. The molecular weight excluding hydrogens is 520 g/mol. The molecule has 7 aromatic rings. The number of pyridine rings is 1. The molecule has 0 fully saturated rings. The second-order valence-electron chi connectivity index (χ2n) is 11.1. The first-order valence-electron chi connectivity index (χ1n) is 13.9. The van der Waals surface area contributed by atoms with Gasteiger partial charge in [0.25, 0.3) is 0 Å². The minimum atomic E-state index is -3.03. The third-order valence-electron chi connectivity index (χ3n) is 9.25. The van der Waals surface area contributed by atoms with Gasteiger partial charge in [0.15, 0.2) is 0 Å². The molecule has 0 spiro atoms. The number of para-hydroxylation sites is 3. The molecule has 3 aliphatic rings. The van der Waals surface area contributed by atoms with E-state index in [0.717, 1.165) is 49.8 Å². The molecular formula is C35H21BN3OP. The number of fused-ring (bicyclic) bond motifs is 14. The SMILES string of the molecule is O=P12B3c4ccc(-n5c6ccccc6c6ccccc65)cc4-c4ccccc4N3c3cccc(c31)-c1cnccc12. The first kappa shape index (κ1) is 21.9. The second kappa shape index (κ2) is 7.45. The van der Waals surface area contributed by atoms with Crippen molar-refractivity contribution < 1.29 is 4.57 Å². The fraction of sp³-hybridized carbons (Fsp3) is 0. The van der Waals surface area contributed by atoms with Gasteiger partial charge in [-0.2, -0.15) is 0 Å². The van der Waals surface area contributed by atoms with Crippen molar-refractivity contribution in [3.05, 3.63) is 128 Å². The molecule has 6 heteroatoms. The van der Waals surface area contributed by atoms with Crippen molar-refractivity contribution in [3.63, 3.8) is 0 Å². The fourth-order valence-corrected chi connectivity index (χ4v) is 11.5. The molecule has 5 heterocycles. The van der Waals surface area contributed by atoms with Crippen LogP contribution in [0.5, 0.6) is 0 Å². The van der Waals surface area contributed by atoms with Crippen LogP contribution in [0, 0.1) is 0 Å². The van der Waals surface area contributed by atoms with Crippen LogP contribution in [0.3, 0.4) is 0 Å². The molecule has 0 aliphatic carbocycles. The Morgan fingerprint density at radius 3 is 2.17 bits per heavy atom. The highest BCUT2D eigenvalue weighted by molar-refractivity contribution is 8.09. The van der Waals surface area contributed by atoms with Crippen LogP contribution in [-0.2, 0) is 4.57 Å². The van der Waals surface area contributed by atoms with E-state index in [2.05, 4.69) is 124 Å². The van der Waals surface area contributed by atoms with E-state index in [1.165, 1.54) is 27.4 Å². The molecule has 0 saturated carbocycles. The topological polar surface area (TPSA) is 38.1 Å². The molecule has 1 atom stereocenters. The molecule has 41 heavy (non-hydrogen) atoms. The van der Waals surface area contributed by atoms with Crippen molar-refractivity contribution in [1.29, 1.82) is 0 Å². The van der Waals surface area contributed by atoms with E-state index in [1.54, 1.807) is 6.20 Å². The summed E-state index contributed by atoms with van der Waals surface area (Å²) in [4.78, 5) is 6.76. The highest BCUT2D eigenvalue weighted by Crippen LogP contribution is 2.65. The van der Waals surface area contributed by atoms with Crippen LogP contribution in [0.25, 0.3) is 49.7 Å². The molecule has 0 saturated heterocycles. The van der Waals surface area contributed by atoms with Crippen LogP contribution in [0.15, 0.2) is 128 Å². The standard InChI is InChI=1S/C35H21BN3OP/c40-41-34-18-19-37-21-28(34)26-11-7-15-33(35(26)41)39-32-14-6-3-10-25(32)27-20-22(16-17-29(27)36(39)41)38-30-12-4-1-8-23(30)24-9-2-5-13-31(24)38/h1-21H. The molecule has 3 aliphatic heterocycles. The Balaban J connectivity index is 1.29. The summed E-state index contributed by atoms with van der Waals surface area (Å²) in [5.41, 5.74) is 11.1. The van der Waals surface area contributed by atoms with Crippen LogP contribution in [0.2, 0.25) is 0 Å². The zero-order chi connectivity index (χ0) is 26.9.